The predicted octanol–water partition coefficient (Wildman–Crippen LogP) is 2.41. The minimum absolute atomic E-state index is 0.0361. The van der Waals surface area contributed by atoms with Crippen molar-refractivity contribution in [3.8, 4) is 0 Å². The van der Waals surface area contributed by atoms with Gasteiger partial charge in [-0.05, 0) is 61.7 Å². The molecule has 4 saturated carbocycles. The molecule has 5 aliphatic rings. The standard InChI is InChI=1S/C23H39NO7/c25-22(17-23-14-19-11-20(15-23)13-21(12-19)16-23)24-18-30-8-7-28-4-3-26-1-2-27-5-6-29-9-10-31-24/h19-21H,1-18H2. The van der Waals surface area contributed by atoms with Crippen LogP contribution in [0.15, 0.2) is 0 Å². The van der Waals surface area contributed by atoms with Crippen LogP contribution in [-0.4, -0.2) is 83.8 Å². The van der Waals surface area contributed by atoms with Gasteiger partial charge in [-0.3, -0.25) is 9.63 Å². The highest BCUT2D eigenvalue weighted by Crippen LogP contribution is 2.61. The third-order valence-corrected chi connectivity index (χ3v) is 7.14. The quantitative estimate of drug-likeness (QED) is 0.651. The van der Waals surface area contributed by atoms with Crippen molar-refractivity contribution < 1.29 is 33.3 Å². The van der Waals surface area contributed by atoms with Crippen LogP contribution < -0.4 is 0 Å². The average Bonchev–Trinajstić information content (AvgIpc) is 2.72. The molecule has 4 bridgehead atoms. The number of hydrogen-bond donors (Lipinski definition) is 0. The summed E-state index contributed by atoms with van der Waals surface area (Å²) in [6.07, 6.45) is 8.33. The fourth-order valence-corrected chi connectivity index (χ4v) is 6.33. The van der Waals surface area contributed by atoms with Crippen LogP contribution in [0, 0.1) is 23.2 Å². The molecule has 0 N–H and O–H groups in total. The lowest BCUT2D eigenvalue weighted by molar-refractivity contribution is -0.222. The zero-order valence-electron chi connectivity index (χ0n) is 18.8. The average molecular weight is 442 g/mol. The van der Waals surface area contributed by atoms with E-state index in [9.17, 15) is 4.79 Å². The second-order valence-electron chi connectivity index (χ2n) is 9.69. The van der Waals surface area contributed by atoms with Crippen LogP contribution in [0.2, 0.25) is 0 Å². The van der Waals surface area contributed by atoms with E-state index in [2.05, 4.69) is 0 Å². The summed E-state index contributed by atoms with van der Waals surface area (Å²) in [5.41, 5.74) is 0.179. The van der Waals surface area contributed by atoms with Crippen molar-refractivity contribution in [1.29, 1.82) is 0 Å². The van der Waals surface area contributed by atoms with Crippen LogP contribution in [0.5, 0.6) is 0 Å². The van der Waals surface area contributed by atoms with E-state index in [1.807, 2.05) is 0 Å². The third kappa shape index (κ3) is 7.11. The molecule has 1 aliphatic heterocycles. The number of amides is 1. The fraction of sp³-hybridized carbons (Fsp3) is 0.957. The molecule has 0 aromatic carbocycles. The maximum Gasteiger partial charge on any atom is 0.248 e. The molecule has 8 heteroatoms. The molecular weight excluding hydrogens is 402 g/mol. The van der Waals surface area contributed by atoms with Gasteiger partial charge in [0.15, 0.2) is 0 Å². The molecule has 0 radical (unpaired) electrons. The first-order valence-corrected chi connectivity index (χ1v) is 12.0. The van der Waals surface area contributed by atoms with Crippen LogP contribution in [-0.2, 0) is 33.3 Å². The summed E-state index contributed by atoms with van der Waals surface area (Å²) in [7, 11) is 0. The molecule has 178 valence electrons. The van der Waals surface area contributed by atoms with Gasteiger partial charge in [-0.25, -0.2) is 0 Å². The molecule has 0 aromatic rings. The number of nitrogens with zero attached hydrogens (tertiary/aromatic N) is 1. The van der Waals surface area contributed by atoms with E-state index in [0.717, 1.165) is 17.8 Å². The van der Waals surface area contributed by atoms with Crippen LogP contribution >= 0.6 is 0 Å². The summed E-state index contributed by atoms with van der Waals surface area (Å²) >= 11 is 0. The SMILES string of the molecule is O=C(CC12CC3CC(CC(C3)C1)C2)N1COCCOCCOCCOCCOCCO1. The molecule has 0 unspecified atom stereocenters. The van der Waals surface area contributed by atoms with Crippen LogP contribution in [0.25, 0.3) is 0 Å². The van der Waals surface area contributed by atoms with Gasteiger partial charge in [-0.15, -0.1) is 0 Å². The number of carbonyl (C=O) groups excluding carboxylic acids is 1. The largest absolute Gasteiger partial charge is 0.377 e. The summed E-state index contributed by atoms with van der Waals surface area (Å²) in [6, 6.07) is 0. The molecule has 1 saturated heterocycles. The summed E-state index contributed by atoms with van der Waals surface area (Å²) in [4.78, 5) is 19.0. The number of hydroxylamine groups is 2. The highest BCUT2D eigenvalue weighted by molar-refractivity contribution is 5.75. The Balaban J connectivity index is 1.27. The predicted molar refractivity (Wildman–Crippen MR) is 112 cm³/mol. The van der Waals surface area contributed by atoms with Gasteiger partial charge in [0.05, 0.1) is 66.1 Å². The van der Waals surface area contributed by atoms with Crippen LogP contribution in [0.3, 0.4) is 0 Å². The van der Waals surface area contributed by atoms with Crippen molar-refractivity contribution in [2.24, 2.45) is 23.2 Å². The lowest BCUT2D eigenvalue weighted by atomic mass is 9.49. The number of rotatable bonds is 2. The first-order chi connectivity index (χ1) is 15.2. The first-order valence-electron chi connectivity index (χ1n) is 12.0. The van der Waals surface area contributed by atoms with Crippen molar-refractivity contribution in [2.45, 2.75) is 44.9 Å². The van der Waals surface area contributed by atoms with Gasteiger partial charge in [0.2, 0.25) is 5.91 Å². The normalized spacial score (nSPS) is 36.6. The van der Waals surface area contributed by atoms with E-state index in [1.165, 1.54) is 43.6 Å². The lowest BCUT2D eigenvalue weighted by Gasteiger charge is -2.56. The Hall–Kier alpha value is -0.770. The topological polar surface area (TPSA) is 75.7 Å². The van der Waals surface area contributed by atoms with Gasteiger partial charge < -0.3 is 23.7 Å². The van der Waals surface area contributed by atoms with Gasteiger partial charge in [-0.2, -0.15) is 5.06 Å². The molecule has 5 rings (SSSR count). The Morgan fingerprint density at radius 1 is 0.645 bits per heavy atom. The first kappa shape index (κ1) is 23.4. The second-order valence-corrected chi connectivity index (χ2v) is 9.69. The van der Waals surface area contributed by atoms with Crippen molar-refractivity contribution in [3.63, 3.8) is 0 Å². The Kier molecular flexibility index (Phi) is 8.98. The molecular formula is C23H39NO7. The number of carbonyl (C=O) groups is 1. The van der Waals surface area contributed by atoms with Crippen molar-refractivity contribution in [1.82, 2.24) is 5.06 Å². The maximum atomic E-state index is 13.2. The van der Waals surface area contributed by atoms with E-state index >= 15 is 0 Å². The van der Waals surface area contributed by atoms with Gasteiger partial charge in [0, 0.05) is 6.42 Å². The molecule has 0 spiro atoms. The van der Waals surface area contributed by atoms with E-state index < -0.39 is 0 Å². The molecule has 0 atom stereocenters. The zero-order valence-corrected chi connectivity index (χ0v) is 18.8. The van der Waals surface area contributed by atoms with Crippen LogP contribution in [0.1, 0.15) is 44.9 Å². The van der Waals surface area contributed by atoms with Gasteiger partial charge in [-0.1, -0.05) is 0 Å². The summed E-state index contributed by atoms with van der Waals surface area (Å²) in [5.74, 6) is 2.52. The van der Waals surface area contributed by atoms with Gasteiger partial charge in [0.25, 0.3) is 0 Å². The summed E-state index contributed by atoms with van der Waals surface area (Å²) in [5, 5.41) is 1.41. The number of hydrogen-bond acceptors (Lipinski definition) is 7. The molecule has 0 aromatic heterocycles. The molecule has 4 aliphatic carbocycles. The molecule has 1 amide bonds. The lowest BCUT2D eigenvalue weighted by Crippen LogP contribution is -2.48. The highest BCUT2D eigenvalue weighted by atomic mass is 16.7. The van der Waals surface area contributed by atoms with E-state index in [4.69, 9.17) is 28.5 Å². The van der Waals surface area contributed by atoms with E-state index in [-0.39, 0.29) is 18.1 Å². The van der Waals surface area contributed by atoms with Gasteiger partial charge >= 0.3 is 0 Å². The van der Waals surface area contributed by atoms with Crippen molar-refractivity contribution >= 4 is 5.91 Å². The van der Waals surface area contributed by atoms with Crippen molar-refractivity contribution in [3.05, 3.63) is 0 Å². The molecule has 31 heavy (non-hydrogen) atoms. The Morgan fingerprint density at radius 2 is 1.06 bits per heavy atom. The maximum absolute atomic E-state index is 13.2. The third-order valence-electron chi connectivity index (χ3n) is 7.14. The Labute approximate surface area is 185 Å². The van der Waals surface area contributed by atoms with Crippen molar-refractivity contribution in [2.75, 3.05) is 72.8 Å². The highest BCUT2D eigenvalue weighted by Gasteiger charge is 2.51. The monoisotopic (exact) mass is 441 g/mol. The van der Waals surface area contributed by atoms with Crippen LogP contribution in [0.4, 0.5) is 0 Å². The molecule has 1 heterocycles. The number of ether oxygens (including phenoxy) is 5. The smallest absolute Gasteiger partial charge is 0.248 e. The van der Waals surface area contributed by atoms with Gasteiger partial charge in [0.1, 0.15) is 6.73 Å². The molecule has 8 nitrogen and oxygen atoms in total. The summed E-state index contributed by atoms with van der Waals surface area (Å²) in [6.45, 7) is 4.83. The summed E-state index contributed by atoms with van der Waals surface area (Å²) < 4.78 is 27.6. The van der Waals surface area contributed by atoms with E-state index in [0.29, 0.717) is 72.5 Å². The fourth-order valence-electron chi connectivity index (χ4n) is 6.33. The van der Waals surface area contributed by atoms with E-state index in [1.54, 1.807) is 0 Å². The minimum atomic E-state index is 0.0361. The molecule has 5 fully saturated rings. The zero-order chi connectivity index (χ0) is 21.4. The second kappa shape index (κ2) is 11.9. The minimum Gasteiger partial charge on any atom is -0.377 e. The Bertz CT molecular complexity index is 505. The Morgan fingerprint density at radius 3 is 1.55 bits per heavy atom.